The number of esters is 1. The van der Waals surface area contributed by atoms with Gasteiger partial charge in [-0.05, 0) is 83.0 Å². The molecule has 4 nitrogen and oxygen atoms in total. The molecule has 6 rings (SSSR count). The van der Waals surface area contributed by atoms with E-state index in [0.29, 0.717) is 41.5 Å². The highest BCUT2D eigenvalue weighted by atomic mass is 16.6. The Hall–Kier alpha value is -0.900. The fourth-order valence-electron chi connectivity index (χ4n) is 8.74. The van der Waals surface area contributed by atoms with Gasteiger partial charge in [0.1, 0.15) is 17.5 Å². The Labute approximate surface area is 174 Å². The van der Waals surface area contributed by atoms with Crippen LogP contribution in [0.2, 0.25) is 0 Å². The molecule has 5 aliphatic carbocycles. The highest BCUT2D eigenvalue weighted by Gasteiger charge is 2.79. The lowest BCUT2D eigenvalue weighted by Gasteiger charge is -2.58. The fourth-order valence-corrected chi connectivity index (χ4v) is 8.74. The SMILES string of the molecule is CC(C)(C)C(=O)O[C@H]1CC[C@]2(C)C3CC[C@]4(C)C(=O)C5CC5C4C3C[C@H]3O[C@]32C1. The van der Waals surface area contributed by atoms with Crippen molar-refractivity contribution in [2.45, 2.75) is 97.4 Å². The molecule has 6 fully saturated rings. The van der Waals surface area contributed by atoms with Gasteiger partial charge in [0.25, 0.3) is 0 Å². The Bertz CT molecular complexity index is 797. The zero-order chi connectivity index (χ0) is 20.6. The molecule has 160 valence electrons. The Balaban J connectivity index is 1.26. The smallest absolute Gasteiger partial charge is 0.311 e. The highest BCUT2D eigenvalue weighted by molar-refractivity contribution is 5.92. The van der Waals surface area contributed by atoms with Crippen molar-refractivity contribution in [1.82, 2.24) is 0 Å². The summed E-state index contributed by atoms with van der Waals surface area (Å²) in [4.78, 5) is 25.4. The monoisotopic (exact) mass is 400 g/mol. The topological polar surface area (TPSA) is 55.9 Å². The fraction of sp³-hybridized carbons (Fsp3) is 0.920. The Kier molecular flexibility index (Phi) is 3.43. The van der Waals surface area contributed by atoms with Crippen LogP contribution < -0.4 is 0 Å². The van der Waals surface area contributed by atoms with Gasteiger partial charge in [-0.1, -0.05) is 13.8 Å². The predicted octanol–water partition coefficient (Wildman–Crippen LogP) is 4.54. The molecule has 1 aliphatic heterocycles. The largest absolute Gasteiger partial charge is 0.462 e. The summed E-state index contributed by atoms with van der Waals surface area (Å²) >= 11 is 0. The molecular formula is C25H36O4. The van der Waals surface area contributed by atoms with Crippen LogP contribution in [-0.4, -0.2) is 29.6 Å². The van der Waals surface area contributed by atoms with Gasteiger partial charge < -0.3 is 9.47 Å². The first-order valence-corrected chi connectivity index (χ1v) is 11.9. The second-order valence-corrected chi connectivity index (χ2v) is 12.8. The molecular weight excluding hydrogens is 364 g/mol. The van der Waals surface area contributed by atoms with Crippen LogP contribution in [0.1, 0.15) is 79.6 Å². The molecule has 10 atom stereocenters. The summed E-state index contributed by atoms with van der Waals surface area (Å²) in [6.45, 7) is 10.5. The first-order valence-electron chi connectivity index (χ1n) is 11.9. The van der Waals surface area contributed by atoms with Gasteiger partial charge in [0.05, 0.1) is 11.5 Å². The van der Waals surface area contributed by atoms with E-state index in [2.05, 4.69) is 13.8 Å². The van der Waals surface area contributed by atoms with Crippen LogP contribution in [0.4, 0.5) is 0 Å². The van der Waals surface area contributed by atoms with Gasteiger partial charge >= 0.3 is 5.97 Å². The number of fused-ring (bicyclic) bond motifs is 6. The average Bonchev–Trinajstić information content (AvgIpc) is 3.52. The Morgan fingerprint density at radius 1 is 1.10 bits per heavy atom. The van der Waals surface area contributed by atoms with Crippen molar-refractivity contribution < 1.29 is 19.1 Å². The van der Waals surface area contributed by atoms with Crippen LogP contribution in [0.3, 0.4) is 0 Å². The molecule has 1 saturated heterocycles. The minimum atomic E-state index is -0.455. The molecule has 1 heterocycles. The van der Waals surface area contributed by atoms with Crippen molar-refractivity contribution in [3.8, 4) is 0 Å². The van der Waals surface area contributed by atoms with Gasteiger partial charge in [0.2, 0.25) is 0 Å². The van der Waals surface area contributed by atoms with Crippen molar-refractivity contribution in [2.24, 2.45) is 45.8 Å². The number of carbonyl (C=O) groups excluding carboxylic acids is 2. The maximum atomic E-state index is 13.0. The van der Waals surface area contributed by atoms with Crippen molar-refractivity contribution in [1.29, 1.82) is 0 Å². The maximum Gasteiger partial charge on any atom is 0.311 e. The van der Waals surface area contributed by atoms with E-state index in [0.717, 1.165) is 38.5 Å². The van der Waals surface area contributed by atoms with Crippen LogP contribution in [-0.2, 0) is 19.1 Å². The minimum Gasteiger partial charge on any atom is -0.462 e. The summed E-state index contributed by atoms with van der Waals surface area (Å²) < 4.78 is 12.5. The molecule has 0 aromatic rings. The summed E-state index contributed by atoms with van der Waals surface area (Å²) in [6.07, 6.45) is 7.72. The van der Waals surface area contributed by atoms with E-state index >= 15 is 0 Å². The number of hydrogen-bond acceptors (Lipinski definition) is 4. The number of ketones is 1. The van der Waals surface area contributed by atoms with E-state index in [1.54, 1.807) is 0 Å². The van der Waals surface area contributed by atoms with Gasteiger partial charge in [0.15, 0.2) is 0 Å². The molecule has 5 saturated carbocycles. The Morgan fingerprint density at radius 2 is 1.86 bits per heavy atom. The summed E-state index contributed by atoms with van der Waals surface area (Å²) in [5, 5.41) is 0. The van der Waals surface area contributed by atoms with Crippen molar-refractivity contribution >= 4 is 11.8 Å². The standard InChI is InChI=1S/C25H36O4/c1-22(2,3)21(27)28-13-6-9-24(5)17-7-8-23(4)19(14-10-15(14)20(23)26)16(17)11-18-25(24,12-13)29-18/h13-19H,6-12H2,1-5H3/t13-,14?,15?,16?,17?,18+,19?,23-,24+,25+/m0/s1. The van der Waals surface area contributed by atoms with E-state index in [9.17, 15) is 9.59 Å². The highest BCUT2D eigenvalue weighted by Crippen LogP contribution is 2.76. The zero-order valence-electron chi connectivity index (χ0n) is 18.6. The normalized spacial score (nSPS) is 57.0. The molecule has 29 heavy (non-hydrogen) atoms. The van der Waals surface area contributed by atoms with Crippen LogP contribution in [0.25, 0.3) is 0 Å². The number of epoxide rings is 1. The van der Waals surface area contributed by atoms with Gasteiger partial charge in [-0.3, -0.25) is 9.59 Å². The van der Waals surface area contributed by atoms with Crippen LogP contribution in [0, 0.1) is 45.8 Å². The molecule has 5 unspecified atom stereocenters. The lowest BCUT2D eigenvalue weighted by Crippen LogP contribution is -2.59. The third-order valence-electron chi connectivity index (χ3n) is 10.4. The molecule has 0 N–H and O–H groups in total. The first kappa shape index (κ1) is 18.8. The first-order chi connectivity index (χ1) is 13.5. The van der Waals surface area contributed by atoms with E-state index in [1.165, 1.54) is 6.42 Å². The number of Topliss-reactive ketones (excluding diaryl/α,β-unsaturated/α-hetero) is 1. The Morgan fingerprint density at radius 3 is 2.59 bits per heavy atom. The van der Waals surface area contributed by atoms with Gasteiger partial charge in [-0.15, -0.1) is 0 Å². The summed E-state index contributed by atoms with van der Waals surface area (Å²) in [7, 11) is 0. The van der Waals surface area contributed by atoms with E-state index in [4.69, 9.17) is 9.47 Å². The molecule has 4 heteroatoms. The van der Waals surface area contributed by atoms with Gasteiger partial charge in [-0.2, -0.15) is 0 Å². The molecule has 1 spiro atoms. The van der Waals surface area contributed by atoms with Crippen molar-refractivity contribution in [3.05, 3.63) is 0 Å². The molecule has 0 bridgehead atoms. The minimum absolute atomic E-state index is 0.00826. The van der Waals surface area contributed by atoms with E-state index < -0.39 is 5.41 Å². The molecule has 0 amide bonds. The summed E-state index contributed by atoms with van der Waals surface area (Å²) in [5.74, 6) is 3.44. The molecule has 6 aliphatic rings. The number of hydrogen-bond donors (Lipinski definition) is 0. The lowest BCUT2D eigenvalue weighted by atomic mass is 9.44. The lowest BCUT2D eigenvalue weighted by molar-refractivity contribution is -0.168. The molecule has 0 radical (unpaired) electrons. The van der Waals surface area contributed by atoms with Crippen LogP contribution in [0.5, 0.6) is 0 Å². The van der Waals surface area contributed by atoms with E-state index in [1.807, 2.05) is 20.8 Å². The van der Waals surface area contributed by atoms with Crippen molar-refractivity contribution in [3.63, 3.8) is 0 Å². The number of rotatable bonds is 1. The quantitative estimate of drug-likeness (QED) is 0.479. The second kappa shape index (κ2) is 5.29. The number of ether oxygens (including phenoxy) is 2. The predicted molar refractivity (Wildman–Crippen MR) is 108 cm³/mol. The zero-order valence-corrected chi connectivity index (χ0v) is 18.6. The third-order valence-corrected chi connectivity index (χ3v) is 10.4. The van der Waals surface area contributed by atoms with Crippen LogP contribution in [0.15, 0.2) is 0 Å². The van der Waals surface area contributed by atoms with Gasteiger partial charge in [-0.25, -0.2) is 0 Å². The summed E-state index contributed by atoms with van der Waals surface area (Å²) in [6, 6.07) is 0. The van der Waals surface area contributed by atoms with Crippen LogP contribution >= 0.6 is 0 Å². The molecule has 0 aromatic carbocycles. The maximum absolute atomic E-state index is 13.0. The van der Waals surface area contributed by atoms with E-state index in [-0.39, 0.29) is 28.5 Å². The summed E-state index contributed by atoms with van der Waals surface area (Å²) in [5.41, 5.74) is -0.430. The van der Waals surface area contributed by atoms with Gasteiger partial charge in [0, 0.05) is 23.2 Å². The average molecular weight is 401 g/mol. The molecule has 0 aromatic heterocycles. The van der Waals surface area contributed by atoms with Crippen molar-refractivity contribution in [2.75, 3.05) is 0 Å². The number of carbonyl (C=O) groups is 2. The third kappa shape index (κ3) is 2.20. The second-order valence-electron chi connectivity index (χ2n) is 12.8.